The molecule has 54 heavy (non-hydrogen) atoms. The van der Waals surface area contributed by atoms with Crippen LogP contribution < -0.4 is 0 Å². The molecule has 0 fully saturated rings. The zero-order valence-corrected chi connectivity index (χ0v) is 34.1. The Balaban J connectivity index is 0.000000240. The molecule has 0 spiro atoms. The normalized spacial score (nSPS) is 13.9. The van der Waals surface area contributed by atoms with Crippen LogP contribution in [0.3, 0.4) is 0 Å². The van der Waals surface area contributed by atoms with Gasteiger partial charge in [-0.2, -0.15) is 0 Å². The van der Waals surface area contributed by atoms with Gasteiger partial charge in [-0.05, 0) is 64.6 Å². The monoisotopic (exact) mass is 890 g/mol. The van der Waals surface area contributed by atoms with Crippen LogP contribution in [0.1, 0.15) is 79.0 Å². The van der Waals surface area contributed by atoms with Gasteiger partial charge >= 0.3 is 0 Å². The molecular formula is C51H50IrN2-2. The molecule has 7 aromatic rings. The van der Waals surface area contributed by atoms with E-state index in [9.17, 15) is 0 Å². The van der Waals surface area contributed by atoms with Crippen molar-refractivity contribution >= 4 is 0 Å². The van der Waals surface area contributed by atoms with Crippen molar-refractivity contribution < 1.29 is 29.7 Å². The van der Waals surface area contributed by atoms with Gasteiger partial charge < -0.3 is 9.97 Å². The second-order valence-electron chi connectivity index (χ2n) is 15.1. The fraction of sp³-hybridized carbons (Fsp3) is 0.216. The Kier molecular flexibility index (Phi) is 10.4. The van der Waals surface area contributed by atoms with Gasteiger partial charge in [-0.1, -0.05) is 161 Å². The first-order chi connectivity index (χ1) is 28.2. The molecule has 0 aliphatic heterocycles. The van der Waals surface area contributed by atoms with E-state index in [4.69, 9.17) is 9.60 Å². The van der Waals surface area contributed by atoms with E-state index < -0.39 is 25.0 Å². The third-order valence-electron chi connectivity index (χ3n) is 8.57. The van der Waals surface area contributed by atoms with Gasteiger partial charge in [-0.3, -0.25) is 0 Å². The van der Waals surface area contributed by atoms with Gasteiger partial charge in [0.1, 0.15) is 0 Å². The van der Waals surface area contributed by atoms with Crippen molar-refractivity contribution in [1.82, 2.24) is 9.97 Å². The number of aromatic nitrogens is 2. The van der Waals surface area contributed by atoms with Crippen molar-refractivity contribution in [3.63, 3.8) is 0 Å². The summed E-state index contributed by atoms with van der Waals surface area (Å²) in [6.45, 7) is 9.97. The molecule has 2 aromatic heterocycles. The van der Waals surface area contributed by atoms with E-state index in [1.54, 1.807) is 60.9 Å². The molecule has 0 bridgehead atoms. The summed E-state index contributed by atoms with van der Waals surface area (Å²) in [5.41, 5.74) is 9.10. The molecule has 3 heteroatoms. The summed E-state index contributed by atoms with van der Waals surface area (Å²) >= 11 is 0. The van der Waals surface area contributed by atoms with E-state index in [2.05, 4.69) is 61.1 Å². The van der Waals surface area contributed by atoms with Crippen LogP contribution in [0.5, 0.6) is 0 Å². The summed E-state index contributed by atoms with van der Waals surface area (Å²) in [5, 5.41) is 0. The number of aryl methyl sites for hydroxylation is 1. The van der Waals surface area contributed by atoms with Gasteiger partial charge in [0.05, 0.1) is 0 Å². The molecule has 1 radical (unpaired) electrons. The molecule has 2 nitrogen and oxygen atoms in total. The molecule has 7 rings (SSSR count). The minimum atomic E-state index is -2.20. The summed E-state index contributed by atoms with van der Waals surface area (Å²) in [7, 11) is 0. The van der Waals surface area contributed by atoms with Crippen LogP contribution in [0.2, 0.25) is 0 Å². The fourth-order valence-electron chi connectivity index (χ4n) is 5.83. The first-order valence-electron chi connectivity index (χ1n) is 21.4. The fourth-order valence-corrected chi connectivity index (χ4v) is 5.83. The van der Waals surface area contributed by atoms with Crippen molar-refractivity contribution in [3.8, 4) is 44.8 Å². The van der Waals surface area contributed by atoms with E-state index in [0.29, 0.717) is 33.5 Å². The Morgan fingerprint density at radius 3 is 1.96 bits per heavy atom. The predicted molar refractivity (Wildman–Crippen MR) is 224 cm³/mol. The predicted octanol–water partition coefficient (Wildman–Crippen LogP) is 13.2. The topological polar surface area (TPSA) is 25.8 Å². The van der Waals surface area contributed by atoms with Crippen molar-refractivity contribution in [2.45, 2.75) is 66.6 Å². The van der Waals surface area contributed by atoms with Crippen LogP contribution in [-0.4, -0.2) is 9.97 Å². The number of rotatable bonds is 7. The molecule has 0 saturated heterocycles. The van der Waals surface area contributed by atoms with Crippen molar-refractivity contribution in [2.75, 3.05) is 0 Å². The molecule has 0 amide bonds. The quantitative estimate of drug-likeness (QED) is 0.149. The molecule has 0 aliphatic rings. The molecule has 0 saturated carbocycles. The van der Waals surface area contributed by atoms with Crippen LogP contribution in [0.25, 0.3) is 44.8 Å². The molecule has 0 unspecified atom stereocenters. The standard InChI is InChI=1S/C29H28N.C22H22N.Ir/c1-21-13-15-23(16-14-21)27-20-30-28(19-25(27)17-22-9-6-5-7-10-22)24-11-8-12-26(18-24)29(2,3)4;1-22(2,3)16-17-13-14-23-21(15-17)20-11-9-19(10-12-20)18-7-5-4-6-8-18;/h5-10,12-16,18-20H,17H2,1-4H3;4-11,13-15H,16H2,1-3H3;/q2*-1;/i1D3,17D2;16D2;. The van der Waals surface area contributed by atoms with E-state index in [1.165, 1.54) is 0 Å². The van der Waals surface area contributed by atoms with Crippen molar-refractivity contribution in [1.29, 1.82) is 0 Å². The smallest absolute Gasteiger partial charge is 0.0366 e. The third kappa shape index (κ3) is 11.0. The second kappa shape index (κ2) is 17.9. The SMILES string of the molecule is [2H]C([2H])([2H])c1ccc(-c2cnc(-c3[c-]ccc(C(C)(C)C)c3)cc2C([2H])([2H])c2ccccc2)cc1.[2H]C([2H])(c1ccnc(-c2[c-]cc(-c3ccccc3)cc2)c1)C(C)(C)C.[Ir]. The van der Waals surface area contributed by atoms with Gasteiger partial charge in [0.25, 0.3) is 0 Å². The average molecular weight is 890 g/mol. The summed E-state index contributed by atoms with van der Waals surface area (Å²) in [4.78, 5) is 9.09. The van der Waals surface area contributed by atoms with Crippen LogP contribution in [0.4, 0.5) is 0 Å². The minimum absolute atomic E-state index is 0. The van der Waals surface area contributed by atoms with Gasteiger partial charge in [-0.15, -0.1) is 65.2 Å². The molecule has 275 valence electrons. The Morgan fingerprint density at radius 2 is 1.31 bits per heavy atom. The first kappa shape index (κ1) is 31.4. The van der Waals surface area contributed by atoms with Crippen LogP contribution in [-0.2, 0) is 38.3 Å². The Hall–Kier alpha value is -4.95. The number of pyridine rings is 2. The van der Waals surface area contributed by atoms with Crippen molar-refractivity contribution in [2.24, 2.45) is 5.41 Å². The molecule has 0 N–H and O–H groups in total. The van der Waals surface area contributed by atoms with Crippen LogP contribution in [0.15, 0.2) is 152 Å². The van der Waals surface area contributed by atoms with Crippen LogP contribution in [0, 0.1) is 24.4 Å². The van der Waals surface area contributed by atoms with Gasteiger partial charge in [0.2, 0.25) is 0 Å². The maximum Gasteiger partial charge on any atom is 0.0366 e. The Bertz CT molecular complexity index is 2520. The number of benzene rings is 5. The summed E-state index contributed by atoms with van der Waals surface area (Å²) < 4.78 is 58.0. The maximum atomic E-state index is 9.08. The van der Waals surface area contributed by atoms with Gasteiger partial charge in [0, 0.05) is 47.7 Å². The maximum absolute atomic E-state index is 9.08. The molecule has 5 aromatic carbocycles. The Morgan fingerprint density at radius 1 is 0.630 bits per heavy atom. The molecule has 0 atom stereocenters. The Labute approximate surface area is 347 Å². The van der Waals surface area contributed by atoms with E-state index >= 15 is 0 Å². The summed E-state index contributed by atoms with van der Waals surface area (Å²) in [6.07, 6.45) is 0.105. The molecular weight excluding hydrogens is 833 g/mol. The summed E-state index contributed by atoms with van der Waals surface area (Å²) in [6, 6.07) is 49.7. The number of hydrogen-bond acceptors (Lipinski definition) is 2. The second-order valence-corrected chi connectivity index (χ2v) is 15.1. The van der Waals surface area contributed by atoms with Gasteiger partial charge in [0.15, 0.2) is 0 Å². The molecule has 2 heterocycles. The first-order valence-corrected chi connectivity index (χ1v) is 17.9. The zero-order valence-electron chi connectivity index (χ0n) is 38.7. The van der Waals surface area contributed by atoms with E-state index in [0.717, 1.165) is 33.5 Å². The summed E-state index contributed by atoms with van der Waals surface area (Å²) in [5.74, 6) is 0. The zero-order chi connectivity index (χ0) is 43.5. The number of hydrogen-bond donors (Lipinski definition) is 0. The number of nitrogens with zero attached hydrogens (tertiary/aromatic N) is 2. The largest absolute Gasteiger partial charge is 0.305 e. The van der Waals surface area contributed by atoms with Crippen molar-refractivity contribution in [3.05, 3.63) is 192 Å². The minimum Gasteiger partial charge on any atom is -0.305 e. The third-order valence-corrected chi connectivity index (χ3v) is 8.57. The van der Waals surface area contributed by atoms with E-state index in [-0.39, 0.29) is 31.1 Å². The van der Waals surface area contributed by atoms with Gasteiger partial charge in [-0.25, -0.2) is 0 Å². The van der Waals surface area contributed by atoms with Crippen LogP contribution >= 0.6 is 0 Å². The average Bonchev–Trinajstić information content (AvgIpc) is 3.23. The molecule has 0 aliphatic carbocycles. The van der Waals surface area contributed by atoms with E-state index in [1.807, 2.05) is 93.6 Å².